The van der Waals surface area contributed by atoms with Crippen LogP contribution in [0.3, 0.4) is 0 Å². The van der Waals surface area contributed by atoms with Gasteiger partial charge in [-0.05, 0) is 49.9 Å². The third kappa shape index (κ3) is 5.87. The van der Waals surface area contributed by atoms with Crippen molar-refractivity contribution in [3.05, 3.63) is 23.8 Å². The number of ether oxygens (including phenoxy) is 1. The zero-order valence-electron chi connectivity index (χ0n) is 14.3. The molecule has 0 atom stereocenters. The van der Waals surface area contributed by atoms with Gasteiger partial charge in [-0.1, -0.05) is 38.2 Å². The molecule has 0 heterocycles. The summed E-state index contributed by atoms with van der Waals surface area (Å²) in [6, 6.07) is 5.91. The normalized spacial score (nSPS) is 15.4. The van der Waals surface area contributed by atoms with E-state index in [2.05, 4.69) is 5.32 Å². The van der Waals surface area contributed by atoms with E-state index in [1.807, 2.05) is 25.1 Å². The van der Waals surface area contributed by atoms with Gasteiger partial charge in [-0.3, -0.25) is 4.79 Å². The van der Waals surface area contributed by atoms with Gasteiger partial charge in [0, 0.05) is 6.42 Å². The SMILES string of the molecule is CCOc1cc(CCN)ccc1NC(=O)CCC1CCCCC1. The molecule has 3 N–H and O–H groups in total. The third-order valence-corrected chi connectivity index (χ3v) is 4.56. The minimum absolute atomic E-state index is 0.0862. The standard InChI is InChI=1S/C19H30N2O2/c1-2-23-18-14-16(12-13-20)8-10-17(18)21-19(22)11-9-15-6-4-3-5-7-15/h8,10,14-15H,2-7,9,11-13,20H2,1H3,(H,21,22). The molecule has 4 nitrogen and oxygen atoms in total. The molecule has 0 radical (unpaired) electrons. The van der Waals surface area contributed by atoms with Crippen molar-refractivity contribution in [1.82, 2.24) is 0 Å². The van der Waals surface area contributed by atoms with Crippen LogP contribution >= 0.6 is 0 Å². The van der Waals surface area contributed by atoms with Gasteiger partial charge in [-0.15, -0.1) is 0 Å². The third-order valence-electron chi connectivity index (χ3n) is 4.56. The highest BCUT2D eigenvalue weighted by molar-refractivity contribution is 5.92. The van der Waals surface area contributed by atoms with Gasteiger partial charge in [-0.25, -0.2) is 0 Å². The molecule has 1 saturated carbocycles. The lowest BCUT2D eigenvalue weighted by molar-refractivity contribution is -0.116. The lowest BCUT2D eigenvalue weighted by Gasteiger charge is -2.21. The Kier molecular flexibility index (Phi) is 7.40. The number of amides is 1. The Hall–Kier alpha value is -1.55. The molecule has 128 valence electrons. The van der Waals surface area contributed by atoms with E-state index in [0.717, 1.165) is 35.8 Å². The number of rotatable bonds is 8. The van der Waals surface area contributed by atoms with Gasteiger partial charge in [0.25, 0.3) is 0 Å². The van der Waals surface area contributed by atoms with Crippen molar-refractivity contribution in [3.63, 3.8) is 0 Å². The van der Waals surface area contributed by atoms with E-state index < -0.39 is 0 Å². The Balaban J connectivity index is 1.90. The molecule has 1 aromatic rings. The zero-order chi connectivity index (χ0) is 16.5. The van der Waals surface area contributed by atoms with Crippen molar-refractivity contribution in [2.75, 3.05) is 18.5 Å². The van der Waals surface area contributed by atoms with Crippen molar-refractivity contribution in [2.24, 2.45) is 11.7 Å². The largest absolute Gasteiger partial charge is 0.492 e. The number of hydrogen-bond donors (Lipinski definition) is 2. The highest BCUT2D eigenvalue weighted by Crippen LogP contribution is 2.29. The number of benzene rings is 1. The van der Waals surface area contributed by atoms with Crippen LogP contribution in [0.25, 0.3) is 0 Å². The second kappa shape index (κ2) is 9.56. The molecule has 1 aliphatic carbocycles. The fourth-order valence-electron chi connectivity index (χ4n) is 3.29. The van der Waals surface area contributed by atoms with E-state index in [1.165, 1.54) is 32.1 Å². The summed E-state index contributed by atoms with van der Waals surface area (Å²) in [5.41, 5.74) is 7.50. The molecule has 4 heteroatoms. The van der Waals surface area contributed by atoms with E-state index in [0.29, 0.717) is 19.6 Å². The number of nitrogens with two attached hydrogens (primary N) is 1. The van der Waals surface area contributed by atoms with Crippen LogP contribution in [-0.2, 0) is 11.2 Å². The Morgan fingerprint density at radius 2 is 2.09 bits per heavy atom. The fourth-order valence-corrected chi connectivity index (χ4v) is 3.29. The Morgan fingerprint density at radius 1 is 1.30 bits per heavy atom. The van der Waals surface area contributed by atoms with Crippen LogP contribution in [0.1, 0.15) is 57.4 Å². The minimum atomic E-state index is 0.0862. The maximum absolute atomic E-state index is 12.2. The molecular weight excluding hydrogens is 288 g/mol. The van der Waals surface area contributed by atoms with Crippen LogP contribution in [-0.4, -0.2) is 19.1 Å². The van der Waals surface area contributed by atoms with Crippen molar-refractivity contribution in [2.45, 2.75) is 58.3 Å². The molecule has 0 bridgehead atoms. The molecule has 1 amide bonds. The minimum Gasteiger partial charge on any atom is -0.492 e. The van der Waals surface area contributed by atoms with Crippen LogP contribution in [0.4, 0.5) is 5.69 Å². The number of carbonyl (C=O) groups excluding carboxylic acids is 1. The maximum atomic E-state index is 12.2. The summed E-state index contributed by atoms with van der Waals surface area (Å²) in [6.07, 6.45) is 8.98. The summed E-state index contributed by atoms with van der Waals surface area (Å²) in [7, 11) is 0. The van der Waals surface area contributed by atoms with Gasteiger partial charge in [0.2, 0.25) is 5.91 Å². The topological polar surface area (TPSA) is 64.3 Å². The lowest BCUT2D eigenvalue weighted by atomic mass is 9.86. The molecule has 1 aliphatic rings. The van der Waals surface area contributed by atoms with E-state index in [-0.39, 0.29) is 5.91 Å². The first-order valence-corrected chi connectivity index (χ1v) is 8.98. The van der Waals surface area contributed by atoms with Gasteiger partial charge < -0.3 is 15.8 Å². The van der Waals surface area contributed by atoms with Crippen LogP contribution in [0.5, 0.6) is 5.75 Å². The number of hydrogen-bond acceptors (Lipinski definition) is 3. The quantitative estimate of drug-likeness (QED) is 0.764. The molecule has 0 spiro atoms. The van der Waals surface area contributed by atoms with Crippen LogP contribution in [0.2, 0.25) is 0 Å². The predicted molar refractivity (Wildman–Crippen MR) is 94.8 cm³/mol. The lowest BCUT2D eigenvalue weighted by Crippen LogP contribution is -2.15. The first-order chi connectivity index (χ1) is 11.2. The summed E-state index contributed by atoms with van der Waals surface area (Å²) in [6.45, 7) is 3.14. The molecule has 0 aliphatic heterocycles. The first kappa shape index (κ1) is 17.8. The molecule has 2 rings (SSSR count). The van der Waals surface area contributed by atoms with Gasteiger partial charge in [0.15, 0.2) is 0 Å². The Bertz CT molecular complexity index is 496. The highest BCUT2D eigenvalue weighted by Gasteiger charge is 2.15. The van der Waals surface area contributed by atoms with Crippen LogP contribution in [0, 0.1) is 5.92 Å². The second-order valence-electron chi connectivity index (χ2n) is 6.39. The van der Waals surface area contributed by atoms with Crippen LogP contribution in [0.15, 0.2) is 18.2 Å². The summed E-state index contributed by atoms with van der Waals surface area (Å²) in [4.78, 5) is 12.2. The number of nitrogens with one attached hydrogen (secondary N) is 1. The van der Waals surface area contributed by atoms with Crippen LogP contribution < -0.4 is 15.8 Å². The van der Waals surface area contributed by atoms with Crippen molar-refractivity contribution < 1.29 is 9.53 Å². The monoisotopic (exact) mass is 318 g/mol. The summed E-state index contributed by atoms with van der Waals surface area (Å²) < 4.78 is 5.66. The number of carbonyl (C=O) groups is 1. The molecule has 1 fully saturated rings. The smallest absolute Gasteiger partial charge is 0.224 e. The molecule has 23 heavy (non-hydrogen) atoms. The van der Waals surface area contributed by atoms with E-state index in [1.54, 1.807) is 0 Å². The predicted octanol–water partition coefficient (Wildman–Crippen LogP) is 3.89. The van der Waals surface area contributed by atoms with Gasteiger partial charge in [-0.2, -0.15) is 0 Å². The van der Waals surface area contributed by atoms with E-state index in [9.17, 15) is 4.79 Å². The molecule has 1 aromatic carbocycles. The highest BCUT2D eigenvalue weighted by atomic mass is 16.5. The molecule has 0 unspecified atom stereocenters. The van der Waals surface area contributed by atoms with Gasteiger partial charge in [0.1, 0.15) is 5.75 Å². The van der Waals surface area contributed by atoms with E-state index in [4.69, 9.17) is 10.5 Å². The molecule has 0 saturated heterocycles. The van der Waals surface area contributed by atoms with Crippen molar-refractivity contribution in [3.8, 4) is 5.75 Å². The summed E-state index contributed by atoms with van der Waals surface area (Å²) in [5.74, 6) is 1.56. The van der Waals surface area contributed by atoms with Gasteiger partial charge in [0.05, 0.1) is 12.3 Å². The van der Waals surface area contributed by atoms with Crippen molar-refractivity contribution >= 4 is 11.6 Å². The average molecular weight is 318 g/mol. The molecular formula is C19H30N2O2. The number of anilines is 1. The van der Waals surface area contributed by atoms with Crippen molar-refractivity contribution in [1.29, 1.82) is 0 Å². The van der Waals surface area contributed by atoms with E-state index >= 15 is 0 Å². The summed E-state index contributed by atoms with van der Waals surface area (Å²) in [5, 5.41) is 3.01. The van der Waals surface area contributed by atoms with Gasteiger partial charge >= 0.3 is 0 Å². The molecule has 0 aromatic heterocycles. The Morgan fingerprint density at radius 3 is 2.78 bits per heavy atom. The first-order valence-electron chi connectivity index (χ1n) is 8.98. The Labute approximate surface area is 139 Å². The second-order valence-corrected chi connectivity index (χ2v) is 6.39. The maximum Gasteiger partial charge on any atom is 0.224 e. The fraction of sp³-hybridized carbons (Fsp3) is 0.632. The zero-order valence-corrected chi connectivity index (χ0v) is 14.3. The average Bonchev–Trinajstić information content (AvgIpc) is 2.57. The summed E-state index contributed by atoms with van der Waals surface area (Å²) >= 11 is 0.